The number of para-hydroxylation sites is 1. The van der Waals surface area contributed by atoms with E-state index >= 15 is 0 Å². The van der Waals surface area contributed by atoms with E-state index in [9.17, 15) is 0 Å². The summed E-state index contributed by atoms with van der Waals surface area (Å²) in [6.45, 7) is 1.83. The van der Waals surface area contributed by atoms with Gasteiger partial charge < -0.3 is 14.8 Å². The highest BCUT2D eigenvalue weighted by atomic mass is 79.9. The summed E-state index contributed by atoms with van der Waals surface area (Å²) in [5.74, 6) is 2.13. The maximum Gasteiger partial charge on any atom is 0.214 e. The third kappa shape index (κ3) is 6.29. The molecule has 0 unspecified atom stereocenters. The molecular formula is C24H23BrClN5O2S. The second-order valence-electron chi connectivity index (χ2n) is 7.22. The number of tetrazole rings is 1. The van der Waals surface area contributed by atoms with Crippen molar-refractivity contribution in [2.75, 3.05) is 19.4 Å². The first-order valence-electron chi connectivity index (χ1n) is 10.6. The highest BCUT2D eigenvalue weighted by Gasteiger charge is 2.13. The van der Waals surface area contributed by atoms with Gasteiger partial charge in [0.1, 0.15) is 6.61 Å². The largest absolute Gasteiger partial charge is 0.493 e. The molecule has 1 N–H and O–H groups in total. The zero-order chi connectivity index (χ0) is 23.8. The van der Waals surface area contributed by atoms with Gasteiger partial charge in [0.05, 0.1) is 17.3 Å². The molecule has 10 heteroatoms. The summed E-state index contributed by atoms with van der Waals surface area (Å²) in [5.41, 5.74) is 2.93. The first kappa shape index (κ1) is 24.5. The standard InChI is InChI=1S/C24H23BrClN5O2S/c1-32-22-14-17(13-20(25)23(22)33-16-18-7-5-6-10-21(18)26)15-27-11-12-34-24-28-29-30-31(24)19-8-3-2-4-9-19/h2-10,13-14,27H,11-12,15-16H2,1H3. The summed E-state index contributed by atoms with van der Waals surface area (Å²) >= 11 is 11.5. The summed E-state index contributed by atoms with van der Waals surface area (Å²) in [6.07, 6.45) is 0. The molecule has 0 radical (unpaired) electrons. The van der Waals surface area contributed by atoms with E-state index in [4.69, 9.17) is 21.1 Å². The van der Waals surface area contributed by atoms with E-state index in [0.29, 0.717) is 29.7 Å². The Balaban J connectivity index is 1.30. The Hall–Kier alpha value is -2.59. The molecular weight excluding hydrogens is 538 g/mol. The summed E-state index contributed by atoms with van der Waals surface area (Å²) in [7, 11) is 1.63. The molecule has 0 fully saturated rings. The van der Waals surface area contributed by atoms with Crippen molar-refractivity contribution in [2.24, 2.45) is 0 Å². The second-order valence-corrected chi connectivity index (χ2v) is 9.55. The Kier molecular flexibility index (Phi) is 8.81. The van der Waals surface area contributed by atoms with Gasteiger partial charge in [0.25, 0.3) is 0 Å². The van der Waals surface area contributed by atoms with Crippen LogP contribution in [0.5, 0.6) is 11.5 Å². The molecule has 0 bridgehead atoms. The van der Waals surface area contributed by atoms with E-state index in [1.807, 2.05) is 66.7 Å². The number of nitrogens with one attached hydrogen (secondary N) is 1. The van der Waals surface area contributed by atoms with Crippen molar-refractivity contribution in [1.29, 1.82) is 0 Å². The van der Waals surface area contributed by atoms with Crippen LogP contribution in [-0.2, 0) is 13.2 Å². The van der Waals surface area contributed by atoms with Crippen LogP contribution in [0.4, 0.5) is 0 Å². The predicted molar refractivity (Wildman–Crippen MR) is 138 cm³/mol. The fourth-order valence-electron chi connectivity index (χ4n) is 3.23. The molecule has 176 valence electrons. The normalized spacial score (nSPS) is 10.9. The number of halogens is 2. The molecule has 1 aromatic heterocycles. The van der Waals surface area contributed by atoms with Crippen molar-refractivity contribution < 1.29 is 9.47 Å². The minimum absolute atomic E-state index is 0.353. The first-order chi connectivity index (χ1) is 16.7. The van der Waals surface area contributed by atoms with Gasteiger partial charge in [-0.15, -0.1) is 5.10 Å². The molecule has 4 aromatic rings. The van der Waals surface area contributed by atoms with Crippen LogP contribution in [0.25, 0.3) is 5.69 Å². The highest BCUT2D eigenvalue weighted by molar-refractivity contribution is 9.10. The van der Waals surface area contributed by atoms with Gasteiger partial charge in [0, 0.05) is 29.4 Å². The van der Waals surface area contributed by atoms with Gasteiger partial charge in [-0.3, -0.25) is 0 Å². The number of hydrogen-bond donors (Lipinski definition) is 1. The van der Waals surface area contributed by atoms with E-state index in [-0.39, 0.29) is 0 Å². The lowest BCUT2D eigenvalue weighted by Gasteiger charge is -2.15. The van der Waals surface area contributed by atoms with Gasteiger partial charge in [0.15, 0.2) is 11.5 Å². The minimum Gasteiger partial charge on any atom is -0.493 e. The number of aromatic nitrogens is 4. The Bertz CT molecular complexity index is 1230. The van der Waals surface area contributed by atoms with Crippen molar-refractivity contribution in [1.82, 2.24) is 25.5 Å². The topological polar surface area (TPSA) is 74.1 Å². The number of rotatable bonds is 11. The van der Waals surface area contributed by atoms with Crippen LogP contribution in [0.15, 0.2) is 76.4 Å². The van der Waals surface area contributed by atoms with Gasteiger partial charge in [-0.05, 0) is 62.3 Å². The molecule has 0 amide bonds. The fourth-order valence-corrected chi connectivity index (χ4v) is 4.81. The van der Waals surface area contributed by atoms with Crippen LogP contribution < -0.4 is 14.8 Å². The average molecular weight is 561 g/mol. The average Bonchev–Trinajstić information content (AvgIpc) is 3.33. The molecule has 0 saturated carbocycles. The molecule has 0 aliphatic carbocycles. The second kappa shape index (κ2) is 12.2. The molecule has 1 heterocycles. The molecule has 0 atom stereocenters. The van der Waals surface area contributed by atoms with E-state index in [1.54, 1.807) is 23.6 Å². The lowest BCUT2D eigenvalue weighted by atomic mass is 10.2. The third-order valence-corrected chi connectivity index (χ3v) is 6.78. The number of nitrogens with zero attached hydrogens (tertiary/aromatic N) is 4. The third-order valence-electron chi connectivity index (χ3n) is 4.90. The van der Waals surface area contributed by atoms with Crippen LogP contribution in [0.1, 0.15) is 11.1 Å². The Morgan fingerprint density at radius 1 is 1.09 bits per heavy atom. The lowest BCUT2D eigenvalue weighted by molar-refractivity contribution is 0.282. The molecule has 0 saturated heterocycles. The van der Waals surface area contributed by atoms with E-state index in [1.165, 1.54) is 0 Å². The van der Waals surface area contributed by atoms with E-state index in [2.05, 4.69) is 36.8 Å². The molecule has 0 spiro atoms. The number of ether oxygens (including phenoxy) is 2. The first-order valence-corrected chi connectivity index (χ1v) is 12.7. The zero-order valence-electron chi connectivity index (χ0n) is 18.4. The summed E-state index contributed by atoms with van der Waals surface area (Å²) in [6, 6.07) is 21.5. The predicted octanol–water partition coefficient (Wildman–Crippen LogP) is 5.55. The molecule has 4 rings (SSSR count). The molecule has 0 aliphatic heterocycles. The van der Waals surface area contributed by atoms with E-state index in [0.717, 1.165) is 38.7 Å². The lowest BCUT2D eigenvalue weighted by Crippen LogP contribution is -2.17. The summed E-state index contributed by atoms with van der Waals surface area (Å²) in [5, 5.41) is 16.9. The van der Waals surface area contributed by atoms with Crippen molar-refractivity contribution in [3.63, 3.8) is 0 Å². The van der Waals surface area contributed by atoms with Gasteiger partial charge in [-0.25, -0.2) is 0 Å². The molecule has 7 nitrogen and oxygen atoms in total. The van der Waals surface area contributed by atoms with Crippen molar-refractivity contribution in [2.45, 2.75) is 18.3 Å². The quantitative estimate of drug-likeness (QED) is 0.190. The minimum atomic E-state index is 0.353. The Morgan fingerprint density at radius 2 is 1.88 bits per heavy atom. The molecule has 34 heavy (non-hydrogen) atoms. The van der Waals surface area contributed by atoms with Gasteiger partial charge >= 0.3 is 0 Å². The van der Waals surface area contributed by atoms with Gasteiger partial charge in [0.2, 0.25) is 5.16 Å². The van der Waals surface area contributed by atoms with Crippen molar-refractivity contribution in [3.05, 3.63) is 87.4 Å². The summed E-state index contributed by atoms with van der Waals surface area (Å²) in [4.78, 5) is 0. The molecule has 3 aromatic carbocycles. The van der Waals surface area contributed by atoms with Crippen LogP contribution in [-0.4, -0.2) is 39.6 Å². The fraction of sp³-hybridized carbons (Fsp3) is 0.208. The zero-order valence-corrected chi connectivity index (χ0v) is 21.6. The molecule has 0 aliphatic rings. The van der Waals surface area contributed by atoms with Crippen LogP contribution in [0.3, 0.4) is 0 Å². The van der Waals surface area contributed by atoms with Crippen LogP contribution in [0, 0.1) is 0 Å². The highest BCUT2D eigenvalue weighted by Crippen LogP contribution is 2.37. The number of benzene rings is 3. The van der Waals surface area contributed by atoms with Crippen molar-refractivity contribution in [3.8, 4) is 17.2 Å². The van der Waals surface area contributed by atoms with E-state index < -0.39 is 0 Å². The summed E-state index contributed by atoms with van der Waals surface area (Å²) < 4.78 is 14.2. The Labute approximate surface area is 215 Å². The van der Waals surface area contributed by atoms with Gasteiger partial charge in [-0.1, -0.05) is 59.8 Å². The number of hydrogen-bond acceptors (Lipinski definition) is 7. The smallest absolute Gasteiger partial charge is 0.214 e. The van der Waals surface area contributed by atoms with Crippen LogP contribution >= 0.6 is 39.3 Å². The Morgan fingerprint density at radius 3 is 2.68 bits per heavy atom. The number of methoxy groups -OCH3 is 1. The van der Waals surface area contributed by atoms with Crippen LogP contribution in [0.2, 0.25) is 5.02 Å². The maximum absolute atomic E-state index is 6.24. The number of thioether (sulfide) groups is 1. The monoisotopic (exact) mass is 559 g/mol. The SMILES string of the molecule is COc1cc(CNCCSc2nnnn2-c2ccccc2)cc(Br)c1OCc1ccccc1Cl. The van der Waals surface area contributed by atoms with Gasteiger partial charge in [-0.2, -0.15) is 4.68 Å². The maximum atomic E-state index is 6.24. The van der Waals surface area contributed by atoms with Crippen molar-refractivity contribution >= 4 is 39.3 Å².